The fraction of sp³-hybridized carbons (Fsp3) is 0.158. The van der Waals surface area contributed by atoms with Crippen LogP contribution in [0.1, 0.15) is 26.6 Å². The van der Waals surface area contributed by atoms with Crippen LogP contribution in [0.3, 0.4) is 0 Å². The Kier molecular flexibility index (Phi) is 5.70. The molecule has 6 heteroatoms. The number of rotatable bonds is 5. The van der Waals surface area contributed by atoms with Crippen molar-refractivity contribution < 1.29 is 9.53 Å². The van der Waals surface area contributed by atoms with E-state index in [1.165, 1.54) is 5.56 Å². The van der Waals surface area contributed by atoms with E-state index >= 15 is 0 Å². The van der Waals surface area contributed by atoms with E-state index in [-0.39, 0.29) is 5.91 Å². The number of amides is 1. The lowest BCUT2D eigenvalue weighted by Crippen LogP contribution is -2.12. The van der Waals surface area contributed by atoms with Crippen molar-refractivity contribution >= 4 is 45.5 Å². The zero-order chi connectivity index (χ0) is 17.8. The molecule has 3 aromatic rings. The number of nitrogens with zero attached hydrogens (tertiary/aromatic N) is 1. The van der Waals surface area contributed by atoms with E-state index in [0.29, 0.717) is 17.9 Å². The van der Waals surface area contributed by atoms with Crippen LogP contribution in [-0.2, 0) is 6.61 Å². The number of anilines is 1. The van der Waals surface area contributed by atoms with E-state index in [1.807, 2.05) is 49.6 Å². The third-order valence-corrected chi connectivity index (χ3v) is 5.56. The Hall–Kier alpha value is -1.93. The molecule has 0 aliphatic rings. The maximum absolute atomic E-state index is 12.5. The van der Waals surface area contributed by atoms with Crippen molar-refractivity contribution in [3.8, 4) is 5.75 Å². The Morgan fingerprint density at radius 2 is 2.08 bits per heavy atom. The van der Waals surface area contributed by atoms with Crippen molar-refractivity contribution in [1.29, 1.82) is 0 Å². The maximum Gasteiger partial charge on any atom is 0.255 e. The van der Waals surface area contributed by atoms with Crippen molar-refractivity contribution in [2.24, 2.45) is 0 Å². The molecule has 0 atom stereocenters. The van der Waals surface area contributed by atoms with Crippen LogP contribution >= 0.6 is 33.9 Å². The molecule has 0 aliphatic heterocycles. The molecule has 128 valence electrons. The lowest BCUT2D eigenvalue weighted by atomic mass is 10.2. The molecule has 1 amide bonds. The first-order valence-electron chi connectivity index (χ1n) is 7.72. The number of aryl methyl sites for hydroxylation is 2. The number of benzene rings is 2. The molecule has 0 bridgehead atoms. The van der Waals surface area contributed by atoms with E-state index in [4.69, 9.17) is 4.74 Å². The van der Waals surface area contributed by atoms with Crippen LogP contribution in [0, 0.1) is 17.4 Å². The lowest BCUT2D eigenvalue weighted by molar-refractivity contribution is 0.102. The molecule has 0 aliphatic carbocycles. The monoisotopic (exact) mass is 464 g/mol. The molecule has 1 heterocycles. The molecule has 4 nitrogen and oxygen atoms in total. The highest BCUT2D eigenvalue weighted by molar-refractivity contribution is 14.1. The first-order valence-corrected chi connectivity index (χ1v) is 9.68. The van der Waals surface area contributed by atoms with Gasteiger partial charge in [-0.1, -0.05) is 12.1 Å². The van der Waals surface area contributed by atoms with Gasteiger partial charge in [0.15, 0.2) is 0 Å². The van der Waals surface area contributed by atoms with Crippen LogP contribution in [0.2, 0.25) is 0 Å². The van der Waals surface area contributed by atoms with Crippen LogP contribution in [0.25, 0.3) is 0 Å². The number of hydrogen-bond acceptors (Lipinski definition) is 4. The van der Waals surface area contributed by atoms with Gasteiger partial charge in [-0.2, -0.15) is 0 Å². The minimum atomic E-state index is -0.158. The first kappa shape index (κ1) is 17.9. The minimum absolute atomic E-state index is 0.158. The molecule has 1 aromatic heterocycles. The molecule has 0 spiro atoms. The summed E-state index contributed by atoms with van der Waals surface area (Å²) in [5.41, 5.74) is 3.42. The van der Waals surface area contributed by atoms with Crippen LogP contribution in [-0.4, -0.2) is 10.9 Å². The highest BCUT2D eigenvalue weighted by Crippen LogP contribution is 2.20. The summed E-state index contributed by atoms with van der Waals surface area (Å²) in [4.78, 5) is 16.8. The fourth-order valence-electron chi connectivity index (χ4n) is 2.23. The van der Waals surface area contributed by atoms with Gasteiger partial charge in [0.1, 0.15) is 12.4 Å². The molecule has 2 aromatic carbocycles. The second kappa shape index (κ2) is 7.97. The number of hydrogen-bond donors (Lipinski definition) is 1. The summed E-state index contributed by atoms with van der Waals surface area (Å²) in [5.74, 6) is 0.492. The molecule has 0 saturated carbocycles. The lowest BCUT2D eigenvalue weighted by Gasteiger charge is -2.09. The largest absolute Gasteiger partial charge is 0.487 e. The number of aromatic nitrogens is 1. The second-order valence-electron chi connectivity index (χ2n) is 5.59. The third-order valence-electron chi connectivity index (χ3n) is 3.58. The summed E-state index contributed by atoms with van der Waals surface area (Å²) in [6.07, 6.45) is 0. The predicted molar refractivity (Wildman–Crippen MR) is 109 cm³/mol. The number of halogens is 1. The number of thiazole rings is 1. The molecule has 1 N–H and O–H groups in total. The first-order chi connectivity index (χ1) is 12.0. The van der Waals surface area contributed by atoms with Crippen molar-refractivity contribution in [3.63, 3.8) is 0 Å². The van der Waals surface area contributed by atoms with Crippen molar-refractivity contribution in [3.05, 3.63) is 73.2 Å². The van der Waals surface area contributed by atoms with Crippen molar-refractivity contribution in [2.75, 3.05) is 5.32 Å². The Balaban J connectivity index is 1.67. The standard InChI is InChI=1S/C19H17IN2O2S/c1-12-6-7-15(9-18(12)20)22-19(23)14-4-3-5-17(8-14)24-10-16-11-25-13(2)21-16/h3-9,11H,10H2,1-2H3,(H,22,23). The summed E-state index contributed by atoms with van der Waals surface area (Å²) in [7, 11) is 0. The van der Waals surface area contributed by atoms with Crippen LogP contribution in [0.15, 0.2) is 47.8 Å². The molecular weight excluding hydrogens is 447 g/mol. The highest BCUT2D eigenvalue weighted by atomic mass is 127. The van der Waals surface area contributed by atoms with E-state index in [1.54, 1.807) is 23.5 Å². The van der Waals surface area contributed by atoms with Gasteiger partial charge in [0.2, 0.25) is 0 Å². The third kappa shape index (κ3) is 4.79. The Morgan fingerprint density at radius 1 is 1.24 bits per heavy atom. The average molecular weight is 464 g/mol. The van der Waals surface area contributed by atoms with Crippen LogP contribution in [0.5, 0.6) is 5.75 Å². The van der Waals surface area contributed by atoms with Gasteiger partial charge in [-0.3, -0.25) is 4.79 Å². The van der Waals surface area contributed by atoms with Gasteiger partial charge in [-0.15, -0.1) is 11.3 Å². The number of carbonyl (C=O) groups is 1. The Labute approximate surface area is 164 Å². The van der Waals surface area contributed by atoms with Gasteiger partial charge < -0.3 is 10.1 Å². The number of carbonyl (C=O) groups excluding carboxylic acids is 1. The molecule has 0 radical (unpaired) electrons. The summed E-state index contributed by atoms with van der Waals surface area (Å²) in [6.45, 7) is 4.40. The smallest absolute Gasteiger partial charge is 0.255 e. The number of ether oxygens (including phenoxy) is 1. The van der Waals surface area contributed by atoms with E-state index in [9.17, 15) is 4.79 Å². The maximum atomic E-state index is 12.5. The molecule has 0 saturated heterocycles. The normalized spacial score (nSPS) is 10.5. The molecule has 3 rings (SSSR count). The second-order valence-corrected chi connectivity index (χ2v) is 7.82. The van der Waals surface area contributed by atoms with E-state index in [2.05, 4.69) is 32.9 Å². The quantitative estimate of drug-likeness (QED) is 0.529. The topological polar surface area (TPSA) is 51.2 Å². The predicted octanol–water partition coefficient (Wildman–Crippen LogP) is 5.20. The van der Waals surface area contributed by atoms with E-state index < -0.39 is 0 Å². The highest BCUT2D eigenvalue weighted by Gasteiger charge is 2.09. The summed E-state index contributed by atoms with van der Waals surface area (Å²) >= 11 is 3.85. The summed E-state index contributed by atoms with van der Waals surface area (Å²) < 4.78 is 6.86. The fourth-order valence-corrected chi connectivity index (χ4v) is 3.35. The SMILES string of the molecule is Cc1nc(COc2cccc(C(=O)Nc3ccc(C)c(I)c3)c2)cs1. The van der Waals surface area contributed by atoms with Crippen LogP contribution < -0.4 is 10.1 Å². The van der Waals surface area contributed by atoms with Gasteiger partial charge >= 0.3 is 0 Å². The van der Waals surface area contributed by atoms with Gasteiger partial charge in [0, 0.05) is 20.2 Å². The van der Waals surface area contributed by atoms with Gasteiger partial charge in [0.25, 0.3) is 5.91 Å². The Morgan fingerprint density at radius 3 is 2.80 bits per heavy atom. The molecule has 25 heavy (non-hydrogen) atoms. The van der Waals surface area contributed by atoms with Crippen molar-refractivity contribution in [2.45, 2.75) is 20.5 Å². The average Bonchev–Trinajstić information content (AvgIpc) is 3.02. The van der Waals surface area contributed by atoms with Gasteiger partial charge in [-0.25, -0.2) is 4.98 Å². The zero-order valence-electron chi connectivity index (χ0n) is 13.9. The summed E-state index contributed by atoms with van der Waals surface area (Å²) in [5, 5.41) is 5.91. The van der Waals surface area contributed by atoms with E-state index in [0.717, 1.165) is 20.0 Å². The van der Waals surface area contributed by atoms with Crippen molar-refractivity contribution in [1.82, 2.24) is 4.98 Å². The molecule has 0 unspecified atom stereocenters. The molecular formula is C19H17IN2O2S. The number of nitrogens with one attached hydrogen (secondary N) is 1. The molecule has 0 fully saturated rings. The van der Waals surface area contributed by atoms with Crippen LogP contribution in [0.4, 0.5) is 5.69 Å². The zero-order valence-corrected chi connectivity index (χ0v) is 16.8. The minimum Gasteiger partial charge on any atom is -0.487 e. The van der Waals surface area contributed by atoms with Gasteiger partial charge in [-0.05, 0) is 72.3 Å². The van der Waals surface area contributed by atoms with Gasteiger partial charge in [0.05, 0.1) is 10.7 Å². The Bertz CT molecular complexity index is 908. The summed E-state index contributed by atoms with van der Waals surface area (Å²) in [6, 6.07) is 13.0.